The molecule has 0 aromatic heterocycles. The van der Waals surface area contributed by atoms with Crippen LogP contribution < -0.4 is 9.64 Å². The van der Waals surface area contributed by atoms with Gasteiger partial charge in [0.05, 0.1) is 6.61 Å². The highest BCUT2D eigenvalue weighted by Crippen LogP contribution is 2.20. The summed E-state index contributed by atoms with van der Waals surface area (Å²) in [4.78, 5) is 2.08. The SMILES string of the molecule is CCCC(CBr)COc1cccc(N(C)C)c1. The lowest BCUT2D eigenvalue weighted by Gasteiger charge is -2.17. The summed E-state index contributed by atoms with van der Waals surface area (Å²) in [5, 5.41) is 1.01. The topological polar surface area (TPSA) is 12.5 Å². The Morgan fingerprint density at radius 2 is 2.12 bits per heavy atom. The zero-order valence-electron chi connectivity index (χ0n) is 10.9. The number of ether oxygens (including phenoxy) is 1. The number of anilines is 1. The first-order chi connectivity index (χ1) is 8.17. The van der Waals surface area contributed by atoms with Crippen molar-refractivity contribution in [3.05, 3.63) is 24.3 Å². The van der Waals surface area contributed by atoms with Crippen LogP contribution in [-0.4, -0.2) is 26.0 Å². The van der Waals surface area contributed by atoms with Gasteiger partial charge in [-0.05, 0) is 18.6 Å². The van der Waals surface area contributed by atoms with E-state index in [1.54, 1.807) is 0 Å². The van der Waals surface area contributed by atoms with E-state index in [1.807, 2.05) is 26.2 Å². The maximum absolute atomic E-state index is 5.85. The van der Waals surface area contributed by atoms with Crippen LogP contribution in [0, 0.1) is 5.92 Å². The third-order valence-electron chi connectivity index (χ3n) is 2.73. The molecule has 0 spiro atoms. The zero-order chi connectivity index (χ0) is 12.7. The smallest absolute Gasteiger partial charge is 0.121 e. The number of halogens is 1. The van der Waals surface area contributed by atoms with E-state index < -0.39 is 0 Å². The van der Waals surface area contributed by atoms with Gasteiger partial charge in [0.25, 0.3) is 0 Å². The van der Waals surface area contributed by atoms with Gasteiger partial charge in [0.1, 0.15) is 5.75 Å². The summed E-state index contributed by atoms with van der Waals surface area (Å²) >= 11 is 3.54. The molecule has 1 rings (SSSR count). The molecule has 0 aliphatic heterocycles. The summed E-state index contributed by atoms with van der Waals surface area (Å²) in [5.74, 6) is 1.56. The van der Waals surface area contributed by atoms with Crippen LogP contribution in [0.25, 0.3) is 0 Å². The number of hydrogen-bond acceptors (Lipinski definition) is 2. The Morgan fingerprint density at radius 3 is 2.71 bits per heavy atom. The molecule has 1 unspecified atom stereocenters. The largest absolute Gasteiger partial charge is 0.493 e. The highest BCUT2D eigenvalue weighted by Gasteiger charge is 2.07. The van der Waals surface area contributed by atoms with Crippen molar-refractivity contribution in [2.75, 3.05) is 30.9 Å². The second kappa shape index (κ2) is 7.59. The van der Waals surface area contributed by atoms with Crippen LogP contribution in [0.4, 0.5) is 5.69 Å². The van der Waals surface area contributed by atoms with Gasteiger partial charge < -0.3 is 9.64 Å². The summed E-state index contributed by atoms with van der Waals surface area (Å²) in [6, 6.07) is 8.22. The van der Waals surface area contributed by atoms with Crippen LogP contribution >= 0.6 is 15.9 Å². The van der Waals surface area contributed by atoms with Crippen molar-refractivity contribution < 1.29 is 4.74 Å². The van der Waals surface area contributed by atoms with E-state index in [0.29, 0.717) is 5.92 Å². The van der Waals surface area contributed by atoms with Crippen molar-refractivity contribution in [2.45, 2.75) is 19.8 Å². The first-order valence-electron chi connectivity index (χ1n) is 6.13. The predicted molar refractivity (Wildman–Crippen MR) is 78.5 cm³/mol. The van der Waals surface area contributed by atoms with Gasteiger partial charge in [0.15, 0.2) is 0 Å². The van der Waals surface area contributed by atoms with Gasteiger partial charge in [-0.25, -0.2) is 0 Å². The van der Waals surface area contributed by atoms with Crippen molar-refractivity contribution in [3.63, 3.8) is 0 Å². The molecule has 1 aromatic rings. The molecule has 0 N–H and O–H groups in total. The number of alkyl halides is 1. The first-order valence-corrected chi connectivity index (χ1v) is 7.25. The van der Waals surface area contributed by atoms with Crippen molar-refractivity contribution in [1.29, 1.82) is 0 Å². The van der Waals surface area contributed by atoms with Crippen molar-refractivity contribution >= 4 is 21.6 Å². The van der Waals surface area contributed by atoms with Crippen LogP contribution in [0.2, 0.25) is 0 Å². The Balaban J connectivity index is 2.53. The quantitative estimate of drug-likeness (QED) is 0.707. The molecule has 2 nitrogen and oxygen atoms in total. The lowest BCUT2D eigenvalue weighted by Crippen LogP contribution is -2.14. The number of hydrogen-bond donors (Lipinski definition) is 0. The Labute approximate surface area is 113 Å². The molecule has 0 amide bonds. The molecule has 0 heterocycles. The lowest BCUT2D eigenvalue weighted by atomic mass is 10.1. The minimum absolute atomic E-state index is 0.600. The molecule has 1 aromatic carbocycles. The molecule has 0 fully saturated rings. The highest BCUT2D eigenvalue weighted by molar-refractivity contribution is 9.09. The van der Waals surface area contributed by atoms with Crippen molar-refractivity contribution in [2.24, 2.45) is 5.92 Å². The Bertz CT molecular complexity index is 328. The summed E-state index contributed by atoms with van der Waals surface area (Å²) in [6.07, 6.45) is 2.41. The van der Waals surface area contributed by atoms with Crippen molar-refractivity contribution in [3.8, 4) is 5.75 Å². The zero-order valence-corrected chi connectivity index (χ0v) is 12.5. The molecule has 96 valence electrons. The maximum Gasteiger partial charge on any atom is 0.121 e. The van der Waals surface area contributed by atoms with Crippen LogP contribution in [0.15, 0.2) is 24.3 Å². The lowest BCUT2D eigenvalue weighted by molar-refractivity contribution is 0.255. The third-order valence-corrected chi connectivity index (χ3v) is 3.65. The number of nitrogens with zero attached hydrogens (tertiary/aromatic N) is 1. The summed E-state index contributed by atoms with van der Waals surface area (Å²) in [6.45, 7) is 3.00. The van der Waals surface area contributed by atoms with Gasteiger partial charge >= 0.3 is 0 Å². The highest BCUT2D eigenvalue weighted by atomic mass is 79.9. The Morgan fingerprint density at radius 1 is 1.35 bits per heavy atom. The van der Waals surface area contributed by atoms with Crippen LogP contribution in [0.5, 0.6) is 5.75 Å². The molecule has 17 heavy (non-hydrogen) atoms. The predicted octanol–water partition coefficient (Wildman–Crippen LogP) is 3.94. The van der Waals surface area contributed by atoms with Crippen molar-refractivity contribution in [1.82, 2.24) is 0 Å². The molecular weight excluding hydrogens is 278 g/mol. The third kappa shape index (κ3) is 4.99. The van der Waals surface area contributed by atoms with Crippen LogP contribution in [0.3, 0.4) is 0 Å². The van der Waals surface area contributed by atoms with E-state index in [-0.39, 0.29) is 0 Å². The molecule has 1 atom stereocenters. The van der Waals surface area contributed by atoms with Crippen LogP contribution in [0.1, 0.15) is 19.8 Å². The summed E-state index contributed by atoms with van der Waals surface area (Å²) < 4.78 is 5.85. The monoisotopic (exact) mass is 299 g/mol. The van der Waals surface area contributed by atoms with Gasteiger partial charge in [-0.15, -0.1) is 0 Å². The van der Waals surface area contributed by atoms with Gasteiger partial charge in [-0.2, -0.15) is 0 Å². The van der Waals surface area contributed by atoms with E-state index in [0.717, 1.165) is 17.7 Å². The molecule has 0 bridgehead atoms. The molecule has 0 radical (unpaired) electrons. The molecule has 0 aliphatic rings. The van der Waals surface area contributed by atoms with Gasteiger partial charge in [0, 0.05) is 37.1 Å². The number of benzene rings is 1. The second-order valence-electron chi connectivity index (χ2n) is 4.51. The van der Waals surface area contributed by atoms with Gasteiger partial charge in [0.2, 0.25) is 0 Å². The van der Waals surface area contributed by atoms with E-state index in [1.165, 1.54) is 18.5 Å². The van der Waals surface area contributed by atoms with Crippen LogP contribution in [-0.2, 0) is 0 Å². The standard InChI is InChI=1S/C14H22BrNO/c1-4-6-12(10-15)11-17-14-8-5-7-13(9-14)16(2)3/h5,7-9,12H,4,6,10-11H2,1-3H3. The van der Waals surface area contributed by atoms with E-state index in [4.69, 9.17) is 4.74 Å². The summed E-state index contributed by atoms with van der Waals surface area (Å²) in [5.41, 5.74) is 1.17. The fourth-order valence-electron chi connectivity index (χ4n) is 1.68. The minimum atomic E-state index is 0.600. The Kier molecular flexibility index (Phi) is 6.41. The van der Waals surface area contributed by atoms with E-state index in [9.17, 15) is 0 Å². The molecule has 3 heteroatoms. The molecule has 0 saturated heterocycles. The Hall–Kier alpha value is -0.700. The average molecular weight is 300 g/mol. The molecular formula is C14H22BrNO. The fraction of sp³-hybridized carbons (Fsp3) is 0.571. The fourth-order valence-corrected chi connectivity index (χ4v) is 2.19. The van der Waals surface area contributed by atoms with E-state index in [2.05, 4.69) is 39.9 Å². The molecule has 0 saturated carbocycles. The van der Waals surface area contributed by atoms with Gasteiger partial charge in [-0.3, -0.25) is 0 Å². The normalized spacial score (nSPS) is 12.2. The second-order valence-corrected chi connectivity index (χ2v) is 5.16. The van der Waals surface area contributed by atoms with E-state index >= 15 is 0 Å². The minimum Gasteiger partial charge on any atom is -0.493 e. The number of rotatable bonds is 7. The average Bonchev–Trinajstić information content (AvgIpc) is 2.34. The summed E-state index contributed by atoms with van der Waals surface area (Å²) in [7, 11) is 4.08. The first kappa shape index (κ1) is 14.4. The van der Waals surface area contributed by atoms with Gasteiger partial charge in [-0.1, -0.05) is 35.3 Å². The molecule has 0 aliphatic carbocycles. The maximum atomic E-state index is 5.85.